The first-order valence-electron chi connectivity index (χ1n) is 4.47. The Bertz CT molecular complexity index is 307. The van der Waals surface area contributed by atoms with E-state index in [1.165, 1.54) is 12.1 Å². The molecule has 0 radical (unpaired) electrons. The van der Waals surface area contributed by atoms with Gasteiger partial charge in [0, 0.05) is 6.54 Å². The van der Waals surface area contributed by atoms with Gasteiger partial charge in [0.25, 0.3) is 0 Å². The molecule has 0 aliphatic heterocycles. The summed E-state index contributed by atoms with van der Waals surface area (Å²) in [6.45, 7) is 2.07. The van der Waals surface area contributed by atoms with Crippen LogP contribution in [0.1, 0.15) is 12.5 Å². The Morgan fingerprint density at radius 3 is 2.20 bits per heavy atom. The van der Waals surface area contributed by atoms with E-state index in [9.17, 15) is 13.2 Å². The zero-order valence-corrected chi connectivity index (χ0v) is 8.21. The number of alkyl halides is 3. The van der Waals surface area contributed by atoms with Crippen LogP contribution in [0.5, 0.6) is 5.75 Å². The Morgan fingerprint density at radius 1 is 1.27 bits per heavy atom. The standard InChI is InChI=1S/C10H12F3NO/c1-7(6-14)15-9-4-2-8(3-5-9)10(11,12)13/h2-5,7H,6,14H2,1H3/t7-/m1/s1. The van der Waals surface area contributed by atoms with Crippen LogP contribution < -0.4 is 10.5 Å². The van der Waals surface area contributed by atoms with E-state index in [1.807, 2.05) is 0 Å². The number of halogens is 3. The average molecular weight is 219 g/mol. The van der Waals surface area contributed by atoms with E-state index in [0.29, 0.717) is 12.3 Å². The van der Waals surface area contributed by atoms with Crippen LogP contribution in [0.3, 0.4) is 0 Å². The topological polar surface area (TPSA) is 35.2 Å². The fraction of sp³-hybridized carbons (Fsp3) is 0.400. The van der Waals surface area contributed by atoms with E-state index in [-0.39, 0.29) is 6.10 Å². The van der Waals surface area contributed by atoms with Crippen molar-refractivity contribution in [3.05, 3.63) is 29.8 Å². The van der Waals surface area contributed by atoms with Crippen LogP contribution in [0, 0.1) is 0 Å². The van der Waals surface area contributed by atoms with E-state index in [0.717, 1.165) is 12.1 Å². The summed E-state index contributed by atoms with van der Waals surface area (Å²) in [6, 6.07) is 4.54. The van der Waals surface area contributed by atoms with E-state index in [2.05, 4.69) is 0 Å². The fourth-order valence-corrected chi connectivity index (χ4v) is 1.00. The number of hydrogen-bond donors (Lipinski definition) is 1. The lowest BCUT2D eigenvalue weighted by molar-refractivity contribution is -0.137. The zero-order valence-electron chi connectivity index (χ0n) is 8.21. The van der Waals surface area contributed by atoms with Crippen LogP contribution in [0.15, 0.2) is 24.3 Å². The molecule has 1 aromatic rings. The van der Waals surface area contributed by atoms with Crippen LogP contribution in [-0.4, -0.2) is 12.6 Å². The van der Waals surface area contributed by atoms with Gasteiger partial charge in [-0.3, -0.25) is 0 Å². The molecule has 84 valence electrons. The summed E-state index contributed by atoms with van der Waals surface area (Å²) in [5, 5.41) is 0. The Balaban J connectivity index is 2.73. The van der Waals surface area contributed by atoms with Crippen molar-refractivity contribution in [3.8, 4) is 5.75 Å². The van der Waals surface area contributed by atoms with Crippen molar-refractivity contribution in [2.24, 2.45) is 5.73 Å². The first-order valence-corrected chi connectivity index (χ1v) is 4.47. The molecule has 0 aromatic heterocycles. The van der Waals surface area contributed by atoms with Gasteiger partial charge in [-0.25, -0.2) is 0 Å². The summed E-state index contributed by atoms with van der Waals surface area (Å²) in [6.07, 6.45) is -4.51. The molecular weight excluding hydrogens is 207 g/mol. The highest BCUT2D eigenvalue weighted by atomic mass is 19.4. The predicted molar refractivity (Wildman–Crippen MR) is 50.6 cm³/mol. The minimum atomic E-state index is -4.31. The smallest absolute Gasteiger partial charge is 0.416 e. The summed E-state index contributed by atoms with van der Waals surface area (Å²) >= 11 is 0. The van der Waals surface area contributed by atoms with Crippen molar-refractivity contribution < 1.29 is 17.9 Å². The maximum absolute atomic E-state index is 12.2. The molecule has 0 bridgehead atoms. The molecule has 0 saturated carbocycles. The Labute approximate surface area is 85.8 Å². The van der Waals surface area contributed by atoms with Gasteiger partial charge >= 0.3 is 6.18 Å². The monoisotopic (exact) mass is 219 g/mol. The van der Waals surface area contributed by atoms with E-state index < -0.39 is 11.7 Å². The Morgan fingerprint density at radius 2 is 1.80 bits per heavy atom. The summed E-state index contributed by atoms with van der Waals surface area (Å²) < 4.78 is 41.8. The van der Waals surface area contributed by atoms with Crippen molar-refractivity contribution in [2.75, 3.05) is 6.54 Å². The average Bonchev–Trinajstić information content (AvgIpc) is 2.17. The third-order valence-electron chi connectivity index (χ3n) is 1.85. The number of benzene rings is 1. The van der Waals surface area contributed by atoms with Gasteiger partial charge in [-0.1, -0.05) is 0 Å². The van der Waals surface area contributed by atoms with Crippen LogP contribution >= 0.6 is 0 Å². The second kappa shape index (κ2) is 4.53. The molecule has 0 unspecified atom stereocenters. The van der Waals surface area contributed by atoms with Gasteiger partial charge in [0.15, 0.2) is 0 Å². The van der Waals surface area contributed by atoms with Gasteiger partial charge in [0.05, 0.1) is 5.56 Å². The summed E-state index contributed by atoms with van der Waals surface area (Å²) in [4.78, 5) is 0. The van der Waals surface area contributed by atoms with Crippen LogP contribution in [-0.2, 0) is 6.18 Å². The molecular formula is C10H12F3NO. The SMILES string of the molecule is C[C@H](CN)Oc1ccc(C(F)(F)F)cc1. The molecule has 1 aromatic carbocycles. The maximum Gasteiger partial charge on any atom is 0.416 e. The molecule has 0 amide bonds. The van der Waals surface area contributed by atoms with Crippen LogP contribution in [0.4, 0.5) is 13.2 Å². The van der Waals surface area contributed by atoms with Crippen molar-refractivity contribution >= 4 is 0 Å². The second-order valence-electron chi connectivity index (χ2n) is 3.19. The van der Waals surface area contributed by atoms with Crippen LogP contribution in [0.25, 0.3) is 0 Å². The van der Waals surface area contributed by atoms with Gasteiger partial charge in [-0.15, -0.1) is 0 Å². The molecule has 0 heterocycles. The number of rotatable bonds is 3. The largest absolute Gasteiger partial charge is 0.489 e. The molecule has 2 N–H and O–H groups in total. The highest BCUT2D eigenvalue weighted by Gasteiger charge is 2.30. The third kappa shape index (κ3) is 3.43. The summed E-state index contributed by atoms with van der Waals surface area (Å²) in [5.74, 6) is 0.390. The predicted octanol–water partition coefficient (Wildman–Crippen LogP) is 2.43. The first-order chi connectivity index (χ1) is 6.93. The highest BCUT2D eigenvalue weighted by Crippen LogP contribution is 2.30. The normalized spacial score (nSPS) is 13.7. The molecule has 0 aliphatic carbocycles. The van der Waals surface area contributed by atoms with Crippen molar-refractivity contribution in [1.82, 2.24) is 0 Å². The molecule has 0 saturated heterocycles. The molecule has 0 fully saturated rings. The first kappa shape index (κ1) is 11.8. The second-order valence-corrected chi connectivity index (χ2v) is 3.19. The van der Waals surface area contributed by atoms with Crippen molar-refractivity contribution in [2.45, 2.75) is 19.2 Å². The van der Waals surface area contributed by atoms with E-state index >= 15 is 0 Å². The summed E-state index contributed by atoms with van der Waals surface area (Å²) in [7, 11) is 0. The maximum atomic E-state index is 12.2. The third-order valence-corrected chi connectivity index (χ3v) is 1.85. The minimum absolute atomic E-state index is 0.207. The molecule has 15 heavy (non-hydrogen) atoms. The number of nitrogens with two attached hydrogens (primary N) is 1. The molecule has 0 spiro atoms. The molecule has 2 nitrogen and oxygen atoms in total. The number of hydrogen-bond acceptors (Lipinski definition) is 2. The fourth-order valence-electron chi connectivity index (χ4n) is 1.00. The molecule has 5 heteroatoms. The summed E-state index contributed by atoms with van der Waals surface area (Å²) in [5.41, 5.74) is 4.63. The Kier molecular flexibility index (Phi) is 3.57. The zero-order chi connectivity index (χ0) is 11.5. The van der Waals surface area contributed by atoms with Gasteiger partial charge in [0.2, 0.25) is 0 Å². The van der Waals surface area contributed by atoms with Crippen LogP contribution in [0.2, 0.25) is 0 Å². The minimum Gasteiger partial charge on any atom is -0.489 e. The van der Waals surface area contributed by atoms with E-state index in [1.54, 1.807) is 6.92 Å². The molecule has 1 atom stereocenters. The van der Waals surface area contributed by atoms with Crippen molar-refractivity contribution in [3.63, 3.8) is 0 Å². The van der Waals surface area contributed by atoms with Gasteiger partial charge < -0.3 is 10.5 Å². The molecule has 1 rings (SSSR count). The lowest BCUT2D eigenvalue weighted by Gasteiger charge is -2.13. The Hall–Kier alpha value is -1.23. The highest BCUT2D eigenvalue weighted by molar-refractivity contribution is 5.28. The quantitative estimate of drug-likeness (QED) is 0.847. The lowest BCUT2D eigenvalue weighted by Crippen LogP contribution is -2.22. The number of ether oxygens (including phenoxy) is 1. The van der Waals surface area contributed by atoms with Gasteiger partial charge in [-0.2, -0.15) is 13.2 Å². The van der Waals surface area contributed by atoms with E-state index in [4.69, 9.17) is 10.5 Å². The van der Waals surface area contributed by atoms with Gasteiger partial charge in [-0.05, 0) is 31.2 Å². The lowest BCUT2D eigenvalue weighted by atomic mass is 10.2. The van der Waals surface area contributed by atoms with Crippen molar-refractivity contribution in [1.29, 1.82) is 0 Å². The molecule has 0 aliphatic rings. The van der Waals surface area contributed by atoms with Gasteiger partial charge in [0.1, 0.15) is 11.9 Å².